The van der Waals surface area contributed by atoms with Crippen LogP contribution in [-0.4, -0.2) is 61.4 Å². The number of carbonyl (C=O) groups excluding carboxylic acids is 3. The second-order valence-corrected chi connectivity index (χ2v) is 6.96. The number of nitrogens with zero attached hydrogens (tertiary/aromatic N) is 1. The Kier molecular flexibility index (Phi) is 8.59. The zero-order chi connectivity index (χ0) is 25.5. The van der Waals surface area contributed by atoms with Gasteiger partial charge in [0.15, 0.2) is 0 Å². The van der Waals surface area contributed by atoms with Crippen molar-refractivity contribution in [2.24, 2.45) is 5.73 Å². The Hall–Kier alpha value is -4.09. The van der Waals surface area contributed by atoms with Crippen molar-refractivity contribution in [2.75, 3.05) is 26.7 Å². The first-order valence-corrected chi connectivity index (χ1v) is 9.98. The van der Waals surface area contributed by atoms with Crippen LogP contribution in [0.15, 0.2) is 42.5 Å². The third kappa shape index (κ3) is 6.95. The minimum absolute atomic E-state index is 0.0113. The molecular formula is C22H23F3N4O5. The van der Waals surface area contributed by atoms with Crippen molar-refractivity contribution in [3.05, 3.63) is 59.2 Å². The summed E-state index contributed by atoms with van der Waals surface area (Å²) in [5.41, 5.74) is 5.43. The van der Waals surface area contributed by atoms with E-state index in [9.17, 15) is 27.6 Å². The second-order valence-electron chi connectivity index (χ2n) is 6.96. The number of amides is 2. The van der Waals surface area contributed by atoms with Crippen LogP contribution in [0.5, 0.6) is 11.5 Å². The standard InChI is InChI=1S/C22H23F3N4O5/c1-3-29(2)20(31)14-7-8-16(17(12-14)34-21(32)22(23,24)25)19(30)28-9-10-33-15-6-4-5-13(11-15)18(26)27/h4-8,11-12H,3,9-10H2,1-2H3,(H3,26,27)(H,28,30). The van der Waals surface area contributed by atoms with Crippen LogP contribution in [0.3, 0.4) is 0 Å². The van der Waals surface area contributed by atoms with Gasteiger partial charge in [-0.15, -0.1) is 0 Å². The summed E-state index contributed by atoms with van der Waals surface area (Å²) in [6.45, 7) is 1.97. The first-order valence-electron chi connectivity index (χ1n) is 9.98. The van der Waals surface area contributed by atoms with Crippen LogP contribution in [0.2, 0.25) is 0 Å². The van der Waals surface area contributed by atoms with Gasteiger partial charge in [-0.2, -0.15) is 13.2 Å². The van der Waals surface area contributed by atoms with E-state index in [2.05, 4.69) is 10.1 Å². The summed E-state index contributed by atoms with van der Waals surface area (Å²) in [5, 5.41) is 9.86. The summed E-state index contributed by atoms with van der Waals surface area (Å²) in [5.74, 6) is -4.35. The van der Waals surface area contributed by atoms with Gasteiger partial charge in [0.05, 0.1) is 12.1 Å². The Morgan fingerprint density at radius 2 is 1.82 bits per heavy atom. The fraction of sp³-hybridized carbons (Fsp3) is 0.273. The molecule has 9 nitrogen and oxygen atoms in total. The summed E-state index contributed by atoms with van der Waals surface area (Å²) in [6.07, 6.45) is -5.30. The van der Waals surface area contributed by atoms with Gasteiger partial charge < -0.3 is 25.4 Å². The van der Waals surface area contributed by atoms with Gasteiger partial charge in [0, 0.05) is 24.7 Å². The molecule has 0 spiro atoms. The molecular weight excluding hydrogens is 457 g/mol. The number of alkyl halides is 3. The largest absolute Gasteiger partial charge is 0.492 e. The number of hydrogen-bond acceptors (Lipinski definition) is 6. The molecule has 0 saturated heterocycles. The maximum absolute atomic E-state index is 12.7. The monoisotopic (exact) mass is 480 g/mol. The number of amidine groups is 1. The van der Waals surface area contributed by atoms with Crippen molar-refractivity contribution in [2.45, 2.75) is 13.1 Å². The van der Waals surface area contributed by atoms with Crippen molar-refractivity contribution >= 4 is 23.6 Å². The van der Waals surface area contributed by atoms with E-state index >= 15 is 0 Å². The molecule has 2 aromatic rings. The molecule has 182 valence electrons. The van der Waals surface area contributed by atoms with Crippen molar-refractivity contribution in [1.82, 2.24) is 10.2 Å². The molecule has 2 rings (SSSR count). The Balaban J connectivity index is 2.14. The van der Waals surface area contributed by atoms with Crippen LogP contribution in [0.1, 0.15) is 33.2 Å². The van der Waals surface area contributed by atoms with Gasteiger partial charge in [-0.05, 0) is 37.3 Å². The third-order valence-corrected chi connectivity index (χ3v) is 4.53. The predicted molar refractivity (Wildman–Crippen MR) is 116 cm³/mol. The average Bonchev–Trinajstić information content (AvgIpc) is 2.80. The van der Waals surface area contributed by atoms with E-state index in [0.717, 1.165) is 12.1 Å². The van der Waals surface area contributed by atoms with Gasteiger partial charge in [-0.1, -0.05) is 12.1 Å². The van der Waals surface area contributed by atoms with E-state index in [0.29, 0.717) is 17.9 Å². The molecule has 0 aliphatic heterocycles. The summed E-state index contributed by atoms with van der Waals surface area (Å²) in [7, 11) is 1.48. The predicted octanol–water partition coefficient (Wildman–Crippen LogP) is 2.34. The maximum atomic E-state index is 12.7. The molecule has 2 aromatic carbocycles. The van der Waals surface area contributed by atoms with E-state index < -0.39 is 29.7 Å². The molecule has 0 heterocycles. The van der Waals surface area contributed by atoms with E-state index in [1.807, 2.05) is 0 Å². The van der Waals surface area contributed by atoms with Crippen LogP contribution in [-0.2, 0) is 4.79 Å². The Bertz CT molecular complexity index is 1090. The van der Waals surface area contributed by atoms with E-state index in [-0.39, 0.29) is 30.1 Å². The van der Waals surface area contributed by atoms with Crippen LogP contribution < -0.4 is 20.5 Å². The van der Waals surface area contributed by atoms with Crippen LogP contribution >= 0.6 is 0 Å². The minimum Gasteiger partial charge on any atom is -0.492 e. The topological polar surface area (TPSA) is 135 Å². The molecule has 0 aliphatic rings. The number of benzene rings is 2. The molecule has 0 radical (unpaired) electrons. The number of nitrogen functional groups attached to an aromatic ring is 1. The fourth-order valence-corrected chi connectivity index (χ4v) is 2.63. The van der Waals surface area contributed by atoms with Gasteiger partial charge in [-0.25, -0.2) is 4.79 Å². The number of rotatable bonds is 9. The van der Waals surface area contributed by atoms with Gasteiger partial charge in [0.1, 0.15) is 23.9 Å². The van der Waals surface area contributed by atoms with Crippen molar-refractivity contribution < 1.29 is 37.0 Å². The van der Waals surface area contributed by atoms with E-state index in [1.165, 1.54) is 24.1 Å². The highest BCUT2D eigenvalue weighted by Gasteiger charge is 2.42. The lowest BCUT2D eigenvalue weighted by Crippen LogP contribution is -2.32. The summed E-state index contributed by atoms with van der Waals surface area (Å²) in [4.78, 5) is 37.5. The Morgan fingerprint density at radius 1 is 1.12 bits per heavy atom. The molecule has 0 atom stereocenters. The smallest absolute Gasteiger partial charge is 0.491 e. The molecule has 0 saturated carbocycles. The van der Waals surface area contributed by atoms with Gasteiger partial charge in [0.2, 0.25) is 0 Å². The summed E-state index contributed by atoms with van der Waals surface area (Å²) >= 11 is 0. The number of esters is 1. The highest BCUT2D eigenvalue weighted by molar-refractivity contribution is 6.01. The van der Waals surface area contributed by atoms with Crippen LogP contribution in [0.4, 0.5) is 13.2 Å². The average molecular weight is 480 g/mol. The number of halogens is 3. The number of ether oxygens (including phenoxy) is 2. The molecule has 0 bridgehead atoms. The summed E-state index contributed by atoms with van der Waals surface area (Å²) < 4.78 is 48.0. The SMILES string of the molecule is CCN(C)C(=O)c1ccc(C(=O)NCCOc2cccc(C(=N)N)c2)c(OC(=O)C(F)(F)F)c1. The fourth-order valence-electron chi connectivity index (χ4n) is 2.63. The lowest BCUT2D eigenvalue weighted by atomic mass is 10.1. The molecule has 0 aromatic heterocycles. The molecule has 12 heteroatoms. The molecule has 2 amide bonds. The summed E-state index contributed by atoms with van der Waals surface area (Å²) in [6, 6.07) is 9.66. The zero-order valence-electron chi connectivity index (χ0n) is 18.4. The normalized spacial score (nSPS) is 10.9. The first kappa shape index (κ1) is 26.2. The van der Waals surface area contributed by atoms with Gasteiger partial charge in [-0.3, -0.25) is 15.0 Å². The number of hydrogen-bond donors (Lipinski definition) is 3. The second kappa shape index (κ2) is 11.2. The number of nitrogens with two attached hydrogens (primary N) is 1. The van der Waals surface area contributed by atoms with E-state index in [1.54, 1.807) is 25.1 Å². The molecule has 4 N–H and O–H groups in total. The zero-order valence-corrected chi connectivity index (χ0v) is 18.4. The van der Waals surface area contributed by atoms with Gasteiger partial charge in [0.25, 0.3) is 11.8 Å². The van der Waals surface area contributed by atoms with Gasteiger partial charge >= 0.3 is 12.1 Å². The minimum atomic E-state index is -5.30. The lowest BCUT2D eigenvalue weighted by Gasteiger charge is -2.17. The van der Waals surface area contributed by atoms with Crippen molar-refractivity contribution in [3.8, 4) is 11.5 Å². The van der Waals surface area contributed by atoms with Crippen molar-refractivity contribution in [1.29, 1.82) is 5.41 Å². The molecule has 34 heavy (non-hydrogen) atoms. The van der Waals surface area contributed by atoms with Crippen LogP contribution in [0, 0.1) is 5.41 Å². The highest BCUT2D eigenvalue weighted by atomic mass is 19.4. The van der Waals surface area contributed by atoms with E-state index in [4.69, 9.17) is 15.9 Å². The first-order chi connectivity index (χ1) is 15.9. The lowest BCUT2D eigenvalue weighted by molar-refractivity contribution is -0.189. The quantitative estimate of drug-likeness (QED) is 0.166. The number of nitrogens with one attached hydrogen (secondary N) is 2. The Labute approximate surface area is 193 Å². The molecule has 0 fully saturated rings. The van der Waals surface area contributed by atoms with Crippen molar-refractivity contribution in [3.63, 3.8) is 0 Å². The molecule has 0 unspecified atom stereocenters. The highest BCUT2D eigenvalue weighted by Crippen LogP contribution is 2.25. The van der Waals surface area contributed by atoms with Crippen LogP contribution in [0.25, 0.3) is 0 Å². The number of carbonyl (C=O) groups is 3. The Morgan fingerprint density at radius 3 is 2.44 bits per heavy atom. The molecule has 0 aliphatic carbocycles. The third-order valence-electron chi connectivity index (χ3n) is 4.53. The maximum Gasteiger partial charge on any atom is 0.491 e.